The molecule has 0 spiro atoms. The maximum Gasteiger partial charge on any atom is 0.328 e. The summed E-state index contributed by atoms with van der Waals surface area (Å²) in [4.78, 5) is 20.5. The monoisotopic (exact) mass is 422 g/mol. The highest BCUT2D eigenvalue weighted by atomic mass is 16.5. The smallest absolute Gasteiger partial charge is 0.328 e. The van der Waals surface area contributed by atoms with Crippen LogP contribution in [0.4, 0.5) is 0 Å². The van der Waals surface area contributed by atoms with Crippen LogP contribution in [0, 0.1) is 0 Å². The van der Waals surface area contributed by atoms with Crippen LogP contribution in [-0.4, -0.2) is 71.0 Å². The molecule has 1 aliphatic rings. The summed E-state index contributed by atoms with van der Waals surface area (Å²) >= 11 is 0. The van der Waals surface area contributed by atoms with Crippen LogP contribution in [0.3, 0.4) is 0 Å². The van der Waals surface area contributed by atoms with Crippen molar-refractivity contribution in [1.82, 2.24) is 0 Å². The van der Waals surface area contributed by atoms with E-state index >= 15 is 0 Å². The number of hydrogen-bond donors (Lipinski definition) is 4. The standard InChI is InChI=1S/C12H10O4.C10H20O4/c13-11(14)7-5-9-1-2-10(4-3-9)6-8-12(15)16;11-5-7-13-9-1-2-10(4-3-9)14-8-6-12/h1-8H,(H,13,14)(H,15,16);9-12H,1-8H2/b7-5+,8-6+;. The van der Waals surface area contributed by atoms with E-state index in [0.29, 0.717) is 13.2 Å². The van der Waals surface area contributed by atoms with Crippen LogP contribution in [-0.2, 0) is 19.1 Å². The molecule has 1 aromatic rings. The number of aliphatic hydroxyl groups excluding tert-OH is 2. The van der Waals surface area contributed by atoms with Crippen molar-refractivity contribution in [3.05, 3.63) is 47.5 Å². The molecule has 2 rings (SSSR count). The second-order valence-electron chi connectivity index (χ2n) is 6.60. The number of carboxylic acids is 2. The van der Waals surface area contributed by atoms with E-state index in [0.717, 1.165) is 49.0 Å². The molecule has 166 valence electrons. The van der Waals surface area contributed by atoms with E-state index in [4.69, 9.17) is 29.9 Å². The number of hydrogen-bond acceptors (Lipinski definition) is 6. The van der Waals surface area contributed by atoms with Crippen LogP contribution in [0.15, 0.2) is 36.4 Å². The SMILES string of the molecule is O=C(O)/C=C/c1ccc(/C=C/C(=O)O)cc1.OCCOC1CCC(OCCO)CC1. The fraction of sp³-hybridized carbons (Fsp3) is 0.455. The van der Waals surface area contributed by atoms with Crippen LogP contribution in [0.2, 0.25) is 0 Å². The lowest BCUT2D eigenvalue weighted by atomic mass is 9.95. The van der Waals surface area contributed by atoms with Gasteiger partial charge in [-0.1, -0.05) is 24.3 Å². The van der Waals surface area contributed by atoms with Gasteiger partial charge in [-0.25, -0.2) is 9.59 Å². The molecule has 1 saturated carbocycles. The van der Waals surface area contributed by atoms with Crippen molar-refractivity contribution in [2.75, 3.05) is 26.4 Å². The quantitative estimate of drug-likeness (QED) is 0.422. The zero-order valence-electron chi connectivity index (χ0n) is 16.9. The molecule has 4 N–H and O–H groups in total. The highest BCUT2D eigenvalue weighted by Gasteiger charge is 2.21. The molecule has 0 atom stereocenters. The lowest BCUT2D eigenvalue weighted by Gasteiger charge is -2.28. The maximum atomic E-state index is 10.3. The van der Waals surface area contributed by atoms with Crippen LogP contribution in [0.5, 0.6) is 0 Å². The third-order valence-electron chi connectivity index (χ3n) is 4.28. The van der Waals surface area contributed by atoms with Crippen molar-refractivity contribution in [2.45, 2.75) is 37.9 Å². The largest absolute Gasteiger partial charge is 0.478 e. The topological polar surface area (TPSA) is 134 Å². The minimum atomic E-state index is -1.00. The van der Waals surface area contributed by atoms with Gasteiger partial charge in [0.05, 0.1) is 38.6 Å². The summed E-state index contributed by atoms with van der Waals surface area (Å²) in [7, 11) is 0. The first-order valence-electron chi connectivity index (χ1n) is 9.81. The first kappa shape index (κ1) is 25.5. The number of benzene rings is 1. The minimum absolute atomic E-state index is 0.0982. The van der Waals surface area contributed by atoms with E-state index in [2.05, 4.69) is 0 Å². The van der Waals surface area contributed by atoms with E-state index < -0.39 is 11.9 Å². The number of rotatable bonds is 10. The van der Waals surface area contributed by atoms with Gasteiger partial charge in [-0.15, -0.1) is 0 Å². The second kappa shape index (κ2) is 15.3. The minimum Gasteiger partial charge on any atom is -0.478 e. The molecule has 0 radical (unpaired) electrons. The molecular formula is C22H30O8. The summed E-state index contributed by atoms with van der Waals surface area (Å²) < 4.78 is 10.9. The highest BCUT2D eigenvalue weighted by Crippen LogP contribution is 2.23. The van der Waals surface area contributed by atoms with Crippen molar-refractivity contribution in [3.8, 4) is 0 Å². The molecule has 8 nitrogen and oxygen atoms in total. The fourth-order valence-electron chi connectivity index (χ4n) is 2.86. The predicted molar refractivity (Wildman–Crippen MR) is 112 cm³/mol. The van der Waals surface area contributed by atoms with Gasteiger partial charge in [-0.2, -0.15) is 0 Å². The van der Waals surface area contributed by atoms with Crippen molar-refractivity contribution < 1.29 is 39.5 Å². The van der Waals surface area contributed by atoms with Gasteiger partial charge in [-0.05, 0) is 49.0 Å². The molecule has 0 heterocycles. The van der Waals surface area contributed by atoms with Crippen molar-refractivity contribution in [2.24, 2.45) is 0 Å². The average Bonchev–Trinajstić information content (AvgIpc) is 2.75. The average molecular weight is 422 g/mol. The van der Waals surface area contributed by atoms with Crippen molar-refractivity contribution >= 4 is 24.1 Å². The van der Waals surface area contributed by atoms with E-state index in [1.54, 1.807) is 24.3 Å². The van der Waals surface area contributed by atoms with Crippen molar-refractivity contribution in [3.63, 3.8) is 0 Å². The molecule has 1 fully saturated rings. The van der Waals surface area contributed by atoms with Crippen LogP contribution >= 0.6 is 0 Å². The number of aliphatic hydroxyl groups is 2. The van der Waals surface area contributed by atoms with E-state index in [-0.39, 0.29) is 25.4 Å². The van der Waals surface area contributed by atoms with Gasteiger partial charge < -0.3 is 29.9 Å². The van der Waals surface area contributed by atoms with E-state index in [1.165, 1.54) is 12.2 Å². The van der Waals surface area contributed by atoms with Crippen LogP contribution < -0.4 is 0 Å². The maximum absolute atomic E-state index is 10.3. The normalized spacial score (nSPS) is 18.9. The predicted octanol–water partition coefficient (Wildman–Crippen LogP) is 2.20. The number of carbonyl (C=O) groups is 2. The Bertz CT molecular complexity index is 614. The molecule has 1 aliphatic carbocycles. The Kier molecular flexibility index (Phi) is 13.0. The number of carboxylic acid groups (broad SMARTS) is 2. The third kappa shape index (κ3) is 12.1. The lowest BCUT2D eigenvalue weighted by Crippen LogP contribution is -2.27. The molecule has 0 bridgehead atoms. The van der Waals surface area contributed by atoms with Crippen LogP contribution in [0.25, 0.3) is 12.2 Å². The molecule has 0 saturated heterocycles. The van der Waals surface area contributed by atoms with Crippen LogP contribution in [0.1, 0.15) is 36.8 Å². The van der Waals surface area contributed by atoms with Gasteiger partial charge in [0.1, 0.15) is 0 Å². The van der Waals surface area contributed by atoms with Gasteiger partial charge in [0.25, 0.3) is 0 Å². The zero-order valence-corrected chi connectivity index (χ0v) is 16.9. The molecule has 1 aromatic carbocycles. The third-order valence-corrected chi connectivity index (χ3v) is 4.28. The van der Waals surface area contributed by atoms with Gasteiger partial charge in [0.15, 0.2) is 0 Å². The summed E-state index contributed by atoms with van der Waals surface area (Å²) in [5.41, 5.74) is 1.49. The number of ether oxygens (including phenoxy) is 2. The second-order valence-corrected chi connectivity index (χ2v) is 6.60. The summed E-state index contributed by atoms with van der Waals surface area (Å²) in [6.07, 6.45) is 9.58. The molecule has 30 heavy (non-hydrogen) atoms. The van der Waals surface area contributed by atoms with Gasteiger partial charge in [0.2, 0.25) is 0 Å². The Labute approximate surface area is 176 Å². The molecule has 8 heteroatoms. The van der Waals surface area contributed by atoms with Crippen molar-refractivity contribution in [1.29, 1.82) is 0 Å². The Hall–Kier alpha value is -2.52. The number of aliphatic carboxylic acids is 2. The van der Waals surface area contributed by atoms with Gasteiger partial charge in [0, 0.05) is 12.2 Å². The summed E-state index contributed by atoms with van der Waals surface area (Å²) in [6, 6.07) is 6.84. The Morgan fingerprint density at radius 2 is 1.10 bits per heavy atom. The first-order chi connectivity index (χ1) is 14.4. The van der Waals surface area contributed by atoms with Gasteiger partial charge in [-0.3, -0.25) is 0 Å². The Balaban J connectivity index is 0.000000303. The highest BCUT2D eigenvalue weighted by molar-refractivity contribution is 5.86. The zero-order chi connectivity index (χ0) is 22.2. The first-order valence-corrected chi connectivity index (χ1v) is 9.81. The van der Waals surface area contributed by atoms with Gasteiger partial charge >= 0.3 is 11.9 Å². The van der Waals surface area contributed by atoms with E-state index in [9.17, 15) is 9.59 Å². The summed E-state index contributed by atoms with van der Waals surface area (Å²) in [6.45, 7) is 1.07. The Morgan fingerprint density at radius 1 is 0.767 bits per heavy atom. The molecule has 0 aliphatic heterocycles. The van der Waals surface area contributed by atoms with E-state index in [1.807, 2.05) is 0 Å². The lowest BCUT2D eigenvalue weighted by molar-refractivity contribution is -0.132. The summed E-state index contributed by atoms with van der Waals surface area (Å²) in [5.74, 6) is -2.01. The molecular weight excluding hydrogens is 392 g/mol. The molecule has 0 amide bonds. The Morgan fingerprint density at radius 3 is 1.37 bits per heavy atom. The summed E-state index contributed by atoms with van der Waals surface area (Å²) in [5, 5.41) is 34.0. The molecule has 0 unspecified atom stereocenters. The fourth-order valence-corrected chi connectivity index (χ4v) is 2.86. The molecule has 0 aromatic heterocycles.